The van der Waals surface area contributed by atoms with E-state index >= 15 is 0 Å². The molecule has 0 spiro atoms. The first-order valence-electron chi connectivity index (χ1n) is 5.05. The molecule has 0 heterocycles. The molecule has 0 aromatic heterocycles. The number of hydrogen-bond donors (Lipinski definition) is 3. The van der Waals surface area contributed by atoms with Gasteiger partial charge in [0.15, 0.2) is 6.10 Å². The molecule has 0 aliphatic carbocycles. The number of aliphatic hydroxyl groups is 1. The summed E-state index contributed by atoms with van der Waals surface area (Å²) in [5.41, 5.74) is 0. The van der Waals surface area contributed by atoms with Crippen molar-refractivity contribution in [1.29, 1.82) is 0 Å². The van der Waals surface area contributed by atoms with E-state index in [2.05, 4.69) is 5.32 Å². The van der Waals surface area contributed by atoms with Crippen molar-refractivity contribution in [2.45, 2.75) is 11.0 Å². The predicted molar refractivity (Wildman–Crippen MR) is 68.8 cm³/mol. The van der Waals surface area contributed by atoms with Gasteiger partial charge in [0, 0.05) is 4.90 Å². The molecule has 0 radical (unpaired) electrons. The second-order valence-electron chi connectivity index (χ2n) is 3.38. The molecule has 1 amide bonds. The van der Waals surface area contributed by atoms with Gasteiger partial charge in [-0.25, -0.2) is 4.79 Å². The lowest BCUT2D eigenvalue weighted by atomic mass is 10.3. The average molecular weight is 290 g/mol. The summed E-state index contributed by atoms with van der Waals surface area (Å²) in [6, 6.07) is 7.10. The number of rotatable bonds is 6. The number of aliphatic hydroxyl groups excluding tert-OH is 1. The number of thioether (sulfide) groups is 1. The molecule has 3 N–H and O–H groups in total. The number of carboxylic acids is 1. The third-order valence-corrected chi connectivity index (χ3v) is 3.49. The molecule has 0 saturated carbocycles. The second kappa shape index (κ2) is 7.25. The Morgan fingerprint density at radius 2 is 2.06 bits per heavy atom. The molecule has 0 aliphatic rings. The highest BCUT2D eigenvalue weighted by Crippen LogP contribution is 2.26. The van der Waals surface area contributed by atoms with E-state index < -0.39 is 12.1 Å². The normalized spacial score (nSPS) is 11.9. The van der Waals surface area contributed by atoms with Crippen LogP contribution < -0.4 is 5.32 Å². The first-order chi connectivity index (χ1) is 8.50. The van der Waals surface area contributed by atoms with Gasteiger partial charge in [-0.2, -0.15) is 0 Å². The minimum atomic E-state index is -1.58. The zero-order valence-electron chi connectivity index (χ0n) is 9.30. The number of carbonyl (C=O) groups is 2. The zero-order chi connectivity index (χ0) is 13.5. The van der Waals surface area contributed by atoms with Gasteiger partial charge in [0.2, 0.25) is 5.91 Å². The molecule has 98 valence electrons. The molecule has 1 aromatic carbocycles. The first-order valence-corrected chi connectivity index (χ1v) is 6.42. The van der Waals surface area contributed by atoms with E-state index in [-0.39, 0.29) is 18.2 Å². The van der Waals surface area contributed by atoms with Crippen molar-refractivity contribution in [2.24, 2.45) is 0 Å². The van der Waals surface area contributed by atoms with Gasteiger partial charge in [-0.05, 0) is 12.1 Å². The van der Waals surface area contributed by atoms with Gasteiger partial charge >= 0.3 is 5.97 Å². The third kappa shape index (κ3) is 4.95. The van der Waals surface area contributed by atoms with Crippen LogP contribution in [0.5, 0.6) is 0 Å². The van der Waals surface area contributed by atoms with Crippen molar-refractivity contribution >= 4 is 35.2 Å². The number of halogens is 1. The smallest absolute Gasteiger partial charge is 0.334 e. The van der Waals surface area contributed by atoms with Gasteiger partial charge in [-0.3, -0.25) is 4.79 Å². The van der Waals surface area contributed by atoms with E-state index in [1.54, 1.807) is 24.3 Å². The lowest BCUT2D eigenvalue weighted by molar-refractivity contribution is -0.146. The Morgan fingerprint density at radius 1 is 1.39 bits per heavy atom. The summed E-state index contributed by atoms with van der Waals surface area (Å²) >= 11 is 7.15. The van der Waals surface area contributed by atoms with Crippen LogP contribution in [-0.4, -0.2) is 40.5 Å². The van der Waals surface area contributed by atoms with Crippen molar-refractivity contribution in [1.82, 2.24) is 5.32 Å². The number of benzene rings is 1. The standard InChI is InChI=1S/C11H12ClNO4S/c12-7-3-1-2-4-9(7)18-6-10(15)13-5-8(14)11(16)17/h1-4,8,14H,5-6H2,(H,13,15)(H,16,17)/t8-/m0/s1. The summed E-state index contributed by atoms with van der Waals surface area (Å²) in [6.07, 6.45) is -1.58. The Morgan fingerprint density at radius 3 is 2.67 bits per heavy atom. The predicted octanol–water partition coefficient (Wildman–Crippen LogP) is 0.994. The molecule has 1 aromatic rings. The molecular formula is C11H12ClNO4S. The summed E-state index contributed by atoms with van der Waals surface area (Å²) in [6.45, 7) is -0.308. The van der Waals surface area contributed by atoms with Crippen LogP contribution in [-0.2, 0) is 9.59 Å². The quantitative estimate of drug-likeness (QED) is 0.680. The highest BCUT2D eigenvalue weighted by molar-refractivity contribution is 8.00. The number of hydrogen-bond acceptors (Lipinski definition) is 4. The Balaban J connectivity index is 2.34. The maximum atomic E-state index is 11.4. The molecule has 0 bridgehead atoms. The van der Waals surface area contributed by atoms with E-state index in [0.717, 1.165) is 4.90 Å². The SMILES string of the molecule is O=C(CSc1ccccc1Cl)NC[C@H](O)C(=O)O. The summed E-state index contributed by atoms with van der Waals surface area (Å²) in [4.78, 5) is 22.5. The van der Waals surface area contributed by atoms with Gasteiger partial charge in [0.25, 0.3) is 0 Å². The maximum Gasteiger partial charge on any atom is 0.334 e. The zero-order valence-corrected chi connectivity index (χ0v) is 10.9. The summed E-state index contributed by atoms with van der Waals surface area (Å²) in [5, 5.41) is 20.3. The average Bonchev–Trinajstić information content (AvgIpc) is 2.34. The van der Waals surface area contributed by atoms with Crippen LogP contribution in [0.25, 0.3) is 0 Å². The lowest BCUT2D eigenvalue weighted by Crippen LogP contribution is -2.37. The first kappa shape index (κ1) is 14.8. The molecule has 1 rings (SSSR count). The molecule has 1 atom stereocenters. The minimum absolute atomic E-state index is 0.107. The van der Waals surface area contributed by atoms with E-state index in [0.29, 0.717) is 5.02 Å². The van der Waals surface area contributed by atoms with Crippen molar-refractivity contribution in [3.05, 3.63) is 29.3 Å². The number of amides is 1. The highest BCUT2D eigenvalue weighted by atomic mass is 35.5. The van der Waals surface area contributed by atoms with Crippen molar-refractivity contribution in [3.8, 4) is 0 Å². The van der Waals surface area contributed by atoms with Gasteiger partial charge in [-0.1, -0.05) is 23.7 Å². The highest BCUT2D eigenvalue weighted by Gasteiger charge is 2.14. The largest absolute Gasteiger partial charge is 0.479 e. The van der Waals surface area contributed by atoms with Gasteiger partial charge in [0.1, 0.15) is 0 Å². The fourth-order valence-corrected chi connectivity index (χ4v) is 2.12. The Hall–Kier alpha value is -1.24. The van der Waals surface area contributed by atoms with E-state index in [9.17, 15) is 9.59 Å². The molecule has 5 nitrogen and oxygen atoms in total. The Kier molecular flexibility index (Phi) is 5.97. The molecule has 0 aliphatic heterocycles. The number of aliphatic carboxylic acids is 1. The molecule has 18 heavy (non-hydrogen) atoms. The minimum Gasteiger partial charge on any atom is -0.479 e. The van der Waals surface area contributed by atoms with Crippen LogP contribution in [0.1, 0.15) is 0 Å². The molecular weight excluding hydrogens is 278 g/mol. The fraction of sp³-hybridized carbons (Fsp3) is 0.273. The van der Waals surface area contributed by atoms with E-state index in [4.69, 9.17) is 21.8 Å². The third-order valence-electron chi connectivity index (χ3n) is 1.97. The molecule has 0 fully saturated rings. The molecule has 0 saturated heterocycles. The Labute approximate surface area is 113 Å². The van der Waals surface area contributed by atoms with Crippen molar-refractivity contribution in [3.63, 3.8) is 0 Å². The summed E-state index contributed by atoms with van der Waals surface area (Å²) in [5.74, 6) is -1.62. The lowest BCUT2D eigenvalue weighted by Gasteiger charge is -2.08. The van der Waals surface area contributed by atoms with Gasteiger partial charge < -0.3 is 15.5 Å². The Bertz CT molecular complexity index is 441. The maximum absolute atomic E-state index is 11.4. The summed E-state index contributed by atoms with van der Waals surface area (Å²) < 4.78 is 0. The van der Waals surface area contributed by atoms with Crippen LogP contribution >= 0.6 is 23.4 Å². The fourth-order valence-electron chi connectivity index (χ4n) is 1.05. The van der Waals surface area contributed by atoms with Gasteiger partial charge in [0.05, 0.1) is 17.3 Å². The molecule has 0 unspecified atom stereocenters. The van der Waals surface area contributed by atoms with Crippen molar-refractivity contribution in [2.75, 3.05) is 12.3 Å². The van der Waals surface area contributed by atoms with Gasteiger partial charge in [-0.15, -0.1) is 11.8 Å². The number of nitrogens with one attached hydrogen (secondary N) is 1. The van der Waals surface area contributed by atoms with E-state index in [1.165, 1.54) is 11.8 Å². The van der Waals surface area contributed by atoms with Crippen molar-refractivity contribution < 1.29 is 19.8 Å². The molecule has 7 heteroatoms. The number of carbonyl (C=O) groups excluding carboxylic acids is 1. The topological polar surface area (TPSA) is 86.6 Å². The number of carboxylic acid groups (broad SMARTS) is 1. The van der Waals surface area contributed by atoms with E-state index in [1.807, 2.05) is 0 Å². The van der Waals surface area contributed by atoms with Crippen LogP contribution in [0.15, 0.2) is 29.2 Å². The van der Waals surface area contributed by atoms with Crippen LogP contribution in [0.4, 0.5) is 0 Å². The summed E-state index contributed by atoms with van der Waals surface area (Å²) in [7, 11) is 0. The van der Waals surface area contributed by atoms with Crippen LogP contribution in [0.2, 0.25) is 5.02 Å². The van der Waals surface area contributed by atoms with Crippen LogP contribution in [0, 0.1) is 0 Å². The monoisotopic (exact) mass is 289 g/mol. The van der Waals surface area contributed by atoms with Crippen LogP contribution in [0.3, 0.4) is 0 Å². The second-order valence-corrected chi connectivity index (χ2v) is 4.80.